The molecule has 0 aliphatic carbocycles. The Bertz CT molecular complexity index is 569. The van der Waals surface area contributed by atoms with Crippen LogP contribution in [0.3, 0.4) is 0 Å². The van der Waals surface area contributed by atoms with E-state index < -0.39 is 0 Å². The third-order valence-corrected chi connectivity index (χ3v) is 2.95. The summed E-state index contributed by atoms with van der Waals surface area (Å²) in [5.41, 5.74) is 2.97. The van der Waals surface area contributed by atoms with E-state index in [0.29, 0.717) is 12.6 Å². The van der Waals surface area contributed by atoms with Gasteiger partial charge >= 0.3 is 0 Å². The van der Waals surface area contributed by atoms with Crippen molar-refractivity contribution in [3.05, 3.63) is 36.0 Å². The molecule has 0 fully saturated rings. The molecule has 0 aliphatic rings. The smallest absolute Gasteiger partial charge is 0.223 e. The number of aryl methyl sites for hydroxylation is 1. The van der Waals surface area contributed by atoms with Crippen molar-refractivity contribution < 1.29 is 4.74 Å². The van der Waals surface area contributed by atoms with Gasteiger partial charge in [-0.1, -0.05) is 19.1 Å². The van der Waals surface area contributed by atoms with E-state index in [1.807, 2.05) is 44.3 Å². The molecule has 0 saturated heterocycles. The molecule has 1 aromatic heterocycles. The fraction of sp³-hybridized carbons (Fsp3) is 0.375. The summed E-state index contributed by atoms with van der Waals surface area (Å²) in [5, 5.41) is 3.22. The summed E-state index contributed by atoms with van der Waals surface area (Å²) < 4.78 is 5.69. The largest absolute Gasteiger partial charge is 0.493 e. The maximum absolute atomic E-state index is 5.69. The topological polar surface area (TPSA) is 47.0 Å². The Hall–Kier alpha value is -2.10. The molecule has 2 rings (SSSR count). The average molecular weight is 271 g/mol. The Labute approximate surface area is 120 Å². The van der Waals surface area contributed by atoms with Gasteiger partial charge in [0.2, 0.25) is 5.95 Å². The lowest BCUT2D eigenvalue weighted by molar-refractivity contribution is 0.341. The van der Waals surface area contributed by atoms with Gasteiger partial charge in [0.25, 0.3) is 0 Å². The van der Waals surface area contributed by atoms with Crippen LogP contribution in [0.1, 0.15) is 25.8 Å². The molecule has 4 heteroatoms. The van der Waals surface area contributed by atoms with Crippen LogP contribution in [0.25, 0.3) is 11.3 Å². The summed E-state index contributed by atoms with van der Waals surface area (Å²) >= 11 is 0. The van der Waals surface area contributed by atoms with E-state index in [-0.39, 0.29) is 0 Å². The molecule has 0 spiro atoms. The molecule has 4 nitrogen and oxygen atoms in total. The van der Waals surface area contributed by atoms with E-state index in [1.54, 1.807) is 0 Å². The highest BCUT2D eigenvalue weighted by atomic mass is 16.5. The van der Waals surface area contributed by atoms with E-state index in [9.17, 15) is 0 Å². The predicted molar refractivity (Wildman–Crippen MR) is 82.2 cm³/mol. The van der Waals surface area contributed by atoms with Crippen molar-refractivity contribution in [3.8, 4) is 17.0 Å². The molecule has 0 aliphatic heterocycles. The van der Waals surface area contributed by atoms with Gasteiger partial charge in [-0.15, -0.1) is 0 Å². The lowest BCUT2D eigenvalue weighted by Gasteiger charge is -2.12. The van der Waals surface area contributed by atoms with Gasteiger partial charge in [0.1, 0.15) is 5.75 Å². The lowest BCUT2D eigenvalue weighted by Crippen LogP contribution is -2.06. The van der Waals surface area contributed by atoms with Crippen LogP contribution in [0.5, 0.6) is 5.75 Å². The molecular formula is C16H21N3O. The van der Waals surface area contributed by atoms with Crippen LogP contribution in [0.4, 0.5) is 5.95 Å². The van der Waals surface area contributed by atoms with Gasteiger partial charge in [-0.2, -0.15) is 0 Å². The highest BCUT2D eigenvalue weighted by Crippen LogP contribution is 2.30. The van der Waals surface area contributed by atoms with Gasteiger partial charge in [0.05, 0.1) is 12.3 Å². The zero-order valence-corrected chi connectivity index (χ0v) is 12.3. The van der Waals surface area contributed by atoms with Crippen molar-refractivity contribution in [2.75, 3.05) is 18.5 Å². The molecule has 0 amide bonds. The number of para-hydroxylation sites is 1. The average Bonchev–Trinajstić information content (AvgIpc) is 2.47. The number of hydrogen-bond acceptors (Lipinski definition) is 4. The zero-order valence-electron chi connectivity index (χ0n) is 12.3. The Balaban J connectivity index is 2.40. The number of aromatic nitrogens is 2. The first kappa shape index (κ1) is 14.3. The van der Waals surface area contributed by atoms with Crippen molar-refractivity contribution in [1.29, 1.82) is 0 Å². The molecule has 1 heterocycles. The molecule has 20 heavy (non-hydrogen) atoms. The molecule has 0 unspecified atom stereocenters. The lowest BCUT2D eigenvalue weighted by atomic mass is 10.1. The fourth-order valence-electron chi connectivity index (χ4n) is 1.98. The molecule has 1 aromatic carbocycles. The van der Waals surface area contributed by atoms with Crippen LogP contribution < -0.4 is 10.1 Å². The predicted octanol–water partition coefficient (Wildman–Crippen LogP) is 3.67. The second-order valence-corrected chi connectivity index (χ2v) is 4.58. The number of ether oxygens (including phenoxy) is 1. The molecule has 1 N–H and O–H groups in total. The van der Waals surface area contributed by atoms with Crippen LogP contribution in [-0.4, -0.2) is 23.1 Å². The maximum atomic E-state index is 5.69. The summed E-state index contributed by atoms with van der Waals surface area (Å²) in [6, 6.07) is 7.98. The first-order valence-electron chi connectivity index (χ1n) is 7.06. The van der Waals surface area contributed by atoms with Crippen LogP contribution in [0.2, 0.25) is 0 Å². The molecule has 0 radical (unpaired) electrons. The highest BCUT2D eigenvalue weighted by Gasteiger charge is 2.11. The van der Waals surface area contributed by atoms with Crippen molar-refractivity contribution in [3.63, 3.8) is 0 Å². The minimum Gasteiger partial charge on any atom is -0.493 e. The number of nitrogens with one attached hydrogen (secondary N) is 1. The third-order valence-electron chi connectivity index (χ3n) is 2.95. The van der Waals surface area contributed by atoms with Crippen molar-refractivity contribution in [2.24, 2.45) is 0 Å². The molecule has 0 saturated carbocycles. The first-order valence-corrected chi connectivity index (χ1v) is 7.06. The SMILES string of the molecule is CCCNc1ncc(C)c(-c2ccccc2OCC)n1. The third kappa shape index (κ3) is 3.26. The van der Waals surface area contributed by atoms with Gasteiger partial charge in [-0.05, 0) is 38.0 Å². The molecule has 2 aromatic rings. The molecular weight excluding hydrogens is 250 g/mol. The Morgan fingerprint density at radius 3 is 2.75 bits per heavy atom. The summed E-state index contributed by atoms with van der Waals surface area (Å²) in [5.74, 6) is 1.52. The number of benzene rings is 1. The van der Waals surface area contributed by atoms with E-state index in [4.69, 9.17) is 4.74 Å². The fourth-order valence-corrected chi connectivity index (χ4v) is 1.98. The number of rotatable bonds is 6. The normalized spacial score (nSPS) is 10.3. The first-order chi connectivity index (χ1) is 9.76. The summed E-state index contributed by atoms with van der Waals surface area (Å²) in [6.07, 6.45) is 2.89. The van der Waals surface area contributed by atoms with Crippen LogP contribution in [-0.2, 0) is 0 Å². The quantitative estimate of drug-likeness (QED) is 0.870. The summed E-state index contributed by atoms with van der Waals surface area (Å²) in [6.45, 7) is 7.63. The van der Waals surface area contributed by atoms with Crippen molar-refractivity contribution in [1.82, 2.24) is 9.97 Å². The number of nitrogens with zero attached hydrogens (tertiary/aromatic N) is 2. The van der Waals surface area contributed by atoms with E-state index in [2.05, 4.69) is 22.2 Å². The Morgan fingerprint density at radius 1 is 1.20 bits per heavy atom. The summed E-state index contributed by atoms with van der Waals surface area (Å²) in [7, 11) is 0. The minimum absolute atomic E-state index is 0.641. The van der Waals surface area contributed by atoms with Crippen molar-refractivity contribution >= 4 is 5.95 Å². The van der Waals surface area contributed by atoms with Gasteiger partial charge in [0, 0.05) is 18.3 Å². The second-order valence-electron chi connectivity index (χ2n) is 4.58. The number of hydrogen-bond donors (Lipinski definition) is 1. The minimum atomic E-state index is 0.641. The molecule has 106 valence electrons. The Kier molecular flexibility index (Phi) is 4.93. The molecule has 0 bridgehead atoms. The molecule has 0 atom stereocenters. The number of anilines is 1. The van der Waals surface area contributed by atoms with Crippen LogP contribution >= 0.6 is 0 Å². The van der Waals surface area contributed by atoms with E-state index in [1.165, 1.54) is 0 Å². The standard InChI is InChI=1S/C16H21N3O/c1-4-10-17-16-18-11-12(3)15(19-16)13-8-6-7-9-14(13)20-5-2/h6-9,11H,4-5,10H2,1-3H3,(H,17,18,19). The van der Waals surface area contributed by atoms with Crippen molar-refractivity contribution in [2.45, 2.75) is 27.2 Å². The van der Waals surface area contributed by atoms with Crippen LogP contribution in [0, 0.1) is 6.92 Å². The Morgan fingerprint density at radius 2 is 2.00 bits per heavy atom. The highest BCUT2D eigenvalue weighted by molar-refractivity contribution is 5.70. The van der Waals surface area contributed by atoms with Gasteiger partial charge in [0.15, 0.2) is 0 Å². The van der Waals surface area contributed by atoms with Crippen LogP contribution in [0.15, 0.2) is 30.5 Å². The monoisotopic (exact) mass is 271 g/mol. The summed E-state index contributed by atoms with van der Waals surface area (Å²) in [4.78, 5) is 8.94. The van der Waals surface area contributed by atoms with E-state index >= 15 is 0 Å². The van der Waals surface area contributed by atoms with E-state index in [0.717, 1.165) is 35.5 Å². The maximum Gasteiger partial charge on any atom is 0.223 e. The zero-order chi connectivity index (χ0) is 14.4. The second kappa shape index (κ2) is 6.89. The van der Waals surface area contributed by atoms with Gasteiger partial charge in [-0.25, -0.2) is 9.97 Å². The van der Waals surface area contributed by atoms with Gasteiger partial charge in [-0.3, -0.25) is 0 Å². The van der Waals surface area contributed by atoms with Gasteiger partial charge < -0.3 is 10.1 Å².